The van der Waals surface area contributed by atoms with E-state index in [2.05, 4.69) is 38.6 Å². The molecule has 0 bridgehead atoms. The molecule has 1 aromatic carbocycles. The van der Waals surface area contributed by atoms with Crippen LogP contribution in [0.4, 0.5) is 11.8 Å². The number of hydrogen-bond acceptors (Lipinski definition) is 6. The van der Waals surface area contributed by atoms with Crippen LogP contribution in [0.25, 0.3) is 16.8 Å². The van der Waals surface area contributed by atoms with Crippen LogP contribution in [0.3, 0.4) is 0 Å². The zero-order chi connectivity index (χ0) is 21.5. The van der Waals surface area contributed by atoms with Crippen molar-refractivity contribution in [2.24, 2.45) is 0 Å². The molecule has 1 aliphatic heterocycles. The van der Waals surface area contributed by atoms with Gasteiger partial charge in [-0.1, -0.05) is 30.3 Å². The number of carbonyl (C=O) groups is 1. The number of nitriles is 1. The van der Waals surface area contributed by atoms with E-state index < -0.39 is 0 Å². The fourth-order valence-corrected chi connectivity index (χ4v) is 4.12. The van der Waals surface area contributed by atoms with E-state index in [0.29, 0.717) is 11.2 Å². The quantitative estimate of drug-likeness (QED) is 0.695. The Bertz CT molecular complexity index is 1160. The van der Waals surface area contributed by atoms with Gasteiger partial charge in [0.15, 0.2) is 5.65 Å². The van der Waals surface area contributed by atoms with Crippen molar-refractivity contribution in [2.75, 3.05) is 30.4 Å². The first-order valence-corrected chi connectivity index (χ1v) is 9.97. The standard InChI is InChI=1S/C22H25N7O/c1-14-17(12-23)19-26-21(25-15(2)30)27-29(19)20(18(14)16-8-6-5-7-9-16)28-11-10-22(3,13-28)24-4/h5-9,24H,10-11,13H2,1-4H3,(H,25,27,30)/t22-/m0/s1. The van der Waals surface area contributed by atoms with Gasteiger partial charge in [0.05, 0.1) is 0 Å². The van der Waals surface area contributed by atoms with Crippen LogP contribution in [0, 0.1) is 18.3 Å². The number of hydrogen-bond donors (Lipinski definition) is 2. The van der Waals surface area contributed by atoms with Crippen LogP contribution < -0.4 is 15.5 Å². The van der Waals surface area contributed by atoms with Gasteiger partial charge in [0.1, 0.15) is 17.5 Å². The maximum atomic E-state index is 11.6. The maximum Gasteiger partial charge on any atom is 0.249 e. The van der Waals surface area contributed by atoms with Crippen LogP contribution in [0.1, 0.15) is 31.4 Å². The molecule has 1 saturated heterocycles. The van der Waals surface area contributed by atoms with Crippen molar-refractivity contribution < 1.29 is 4.79 Å². The van der Waals surface area contributed by atoms with E-state index in [1.165, 1.54) is 6.92 Å². The molecule has 3 heterocycles. The Labute approximate surface area is 175 Å². The van der Waals surface area contributed by atoms with Crippen molar-refractivity contribution in [2.45, 2.75) is 32.7 Å². The number of aromatic nitrogens is 3. The second-order valence-corrected chi connectivity index (χ2v) is 8.01. The summed E-state index contributed by atoms with van der Waals surface area (Å²) in [6.07, 6.45) is 0.978. The molecule has 4 rings (SSSR count). The summed E-state index contributed by atoms with van der Waals surface area (Å²) in [5.74, 6) is 0.825. The summed E-state index contributed by atoms with van der Waals surface area (Å²) in [5.41, 5.74) is 3.70. The topological polar surface area (TPSA) is 98.4 Å². The van der Waals surface area contributed by atoms with Gasteiger partial charge >= 0.3 is 0 Å². The lowest BCUT2D eigenvalue weighted by Gasteiger charge is -2.27. The highest BCUT2D eigenvalue weighted by Crippen LogP contribution is 2.39. The summed E-state index contributed by atoms with van der Waals surface area (Å²) in [6, 6.07) is 12.3. The van der Waals surface area contributed by atoms with Crippen molar-refractivity contribution >= 4 is 23.3 Å². The molecule has 0 spiro atoms. The van der Waals surface area contributed by atoms with Crippen molar-refractivity contribution in [1.29, 1.82) is 5.26 Å². The van der Waals surface area contributed by atoms with Gasteiger partial charge in [-0.3, -0.25) is 10.1 Å². The second-order valence-electron chi connectivity index (χ2n) is 8.01. The number of nitrogens with zero attached hydrogens (tertiary/aromatic N) is 5. The average molecular weight is 403 g/mol. The SMILES string of the molecule is CN[C@@]1(C)CCN(c2c(-c3ccccc3)c(C)c(C#N)c3nc(NC(C)=O)nn23)C1. The summed E-state index contributed by atoms with van der Waals surface area (Å²) < 4.78 is 1.71. The van der Waals surface area contributed by atoms with E-state index >= 15 is 0 Å². The molecule has 2 aromatic heterocycles. The molecule has 1 aliphatic rings. The Hall–Kier alpha value is -3.44. The third-order valence-corrected chi connectivity index (χ3v) is 5.84. The Kier molecular flexibility index (Phi) is 4.92. The van der Waals surface area contributed by atoms with Crippen LogP contribution in [-0.4, -0.2) is 46.2 Å². The predicted octanol–water partition coefficient (Wildman–Crippen LogP) is 2.72. The minimum atomic E-state index is -0.255. The third-order valence-electron chi connectivity index (χ3n) is 5.84. The third kappa shape index (κ3) is 3.27. The molecule has 2 N–H and O–H groups in total. The Morgan fingerprint density at radius 1 is 1.30 bits per heavy atom. The predicted molar refractivity (Wildman–Crippen MR) is 116 cm³/mol. The molecular formula is C22H25N7O. The molecule has 0 aliphatic carbocycles. The molecule has 1 amide bonds. The highest BCUT2D eigenvalue weighted by molar-refractivity contribution is 5.88. The van der Waals surface area contributed by atoms with Crippen LogP contribution in [0.2, 0.25) is 0 Å². The summed E-state index contributed by atoms with van der Waals surface area (Å²) >= 11 is 0. The number of benzene rings is 1. The summed E-state index contributed by atoms with van der Waals surface area (Å²) in [7, 11) is 1.98. The first-order valence-electron chi connectivity index (χ1n) is 9.97. The average Bonchev–Trinajstić information content (AvgIpc) is 3.31. The lowest BCUT2D eigenvalue weighted by molar-refractivity contribution is -0.114. The monoisotopic (exact) mass is 403 g/mol. The van der Waals surface area contributed by atoms with E-state index in [1.54, 1.807) is 4.52 Å². The number of nitrogens with one attached hydrogen (secondary N) is 2. The summed E-state index contributed by atoms with van der Waals surface area (Å²) in [6.45, 7) is 7.20. The van der Waals surface area contributed by atoms with Crippen LogP contribution in [0.15, 0.2) is 30.3 Å². The fourth-order valence-electron chi connectivity index (χ4n) is 4.12. The fraction of sp³-hybridized carbons (Fsp3) is 0.364. The van der Waals surface area contributed by atoms with Crippen LogP contribution in [-0.2, 0) is 4.79 Å². The number of fused-ring (bicyclic) bond motifs is 1. The molecular weight excluding hydrogens is 378 g/mol. The normalized spacial score (nSPS) is 18.6. The van der Waals surface area contributed by atoms with Gasteiger partial charge in [0, 0.05) is 31.1 Å². The number of likely N-dealkylation sites (N-methyl/N-ethyl adjacent to an activating group) is 1. The van der Waals surface area contributed by atoms with Gasteiger partial charge in [0.25, 0.3) is 0 Å². The molecule has 8 nitrogen and oxygen atoms in total. The summed E-state index contributed by atoms with van der Waals surface area (Å²) in [4.78, 5) is 18.3. The highest BCUT2D eigenvalue weighted by Gasteiger charge is 2.36. The molecule has 1 atom stereocenters. The number of carbonyl (C=O) groups excluding carboxylic acids is 1. The molecule has 8 heteroatoms. The zero-order valence-electron chi connectivity index (χ0n) is 17.7. The molecule has 0 radical (unpaired) electrons. The largest absolute Gasteiger partial charge is 0.354 e. The minimum absolute atomic E-state index is 0.0247. The van der Waals surface area contributed by atoms with Gasteiger partial charge in [-0.25, -0.2) is 0 Å². The molecule has 1 fully saturated rings. The zero-order valence-corrected chi connectivity index (χ0v) is 17.7. The van der Waals surface area contributed by atoms with Gasteiger partial charge in [-0.15, -0.1) is 5.10 Å². The summed E-state index contributed by atoms with van der Waals surface area (Å²) in [5, 5.41) is 20.5. The maximum absolute atomic E-state index is 11.6. The Morgan fingerprint density at radius 3 is 2.63 bits per heavy atom. The molecule has 30 heavy (non-hydrogen) atoms. The Balaban J connectivity index is 2.04. The van der Waals surface area contributed by atoms with Crippen molar-refractivity contribution in [1.82, 2.24) is 19.9 Å². The van der Waals surface area contributed by atoms with Crippen molar-refractivity contribution in [3.05, 3.63) is 41.5 Å². The lowest BCUT2D eigenvalue weighted by Crippen LogP contribution is -2.42. The van der Waals surface area contributed by atoms with Gasteiger partial charge < -0.3 is 10.2 Å². The first-order chi connectivity index (χ1) is 14.4. The second kappa shape index (κ2) is 7.43. The molecule has 0 unspecified atom stereocenters. The van der Waals surface area contributed by atoms with Gasteiger partial charge in [-0.2, -0.15) is 14.8 Å². The van der Waals surface area contributed by atoms with Gasteiger partial charge in [0.2, 0.25) is 11.9 Å². The van der Waals surface area contributed by atoms with E-state index in [1.807, 2.05) is 44.3 Å². The first kappa shape index (κ1) is 19.9. The van der Waals surface area contributed by atoms with E-state index in [4.69, 9.17) is 0 Å². The van der Waals surface area contributed by atoms with Gasteiger partial charge in [-0.05, 0) is 38.4 Å². The minimum Gasteiger partial charge on any atom is -0.354 e. The molecule has 3 aromatic rings. The van der Waals surface area contributed by atoms with Crippen molar-refractivity contribution in [3.63, 3.8) is 0 Å². The molecule has 154 valence electrons. The number of pyridine rings is 1. The number of rotatable bonds is 4. The van der Waals surface area contributed by atoms with E-state index in [-0.39, 0.29) is 17.4 Å². The Morgan fingerprint density at radius 2 is 2.03 bits per heavy atom. The van der Waals surface area contributed by atoms with Crippen LogP contribution in [0.5, 0.6) is 0 Å². The van der Waals surface area contributed by atoms with Crippen molar-refractivity contribution in [3.8, 4) is 17.2 Å². The number of anilines is 2. The lowest BCUT2D eigenvalue weighted by atomic mass is 9.97. The van der Waals surface area contributed by atoms with Crippen LogP contribution >= 0.6 is 0 Å². The number of amides is 1. The molecule has 0 saturated carbocycles. The van der Waals surface area contributed by atoms with E-state index in [0.717, 1.165) is 42.0 Å². The van der Waals surface area contributed by atoms with E-state index in [9.17, 15) is 10.1 Å². The highest BCUT2D eigenvalue weighted by atomic mass is 16.1. The smallest absolute Gasteiger partial charge is 0.249 e.